The molecule has 0 aromatic heterocycles. The molecule has 1 heterocycles. The van der Waals surface area contributed by atoms with E-state index >= 15 is 0 Å². The zero-order valence-corrected chi connectivity index (χ0v) is 25.8. The molecule has 5 nitrogen and oxygen atoms in total. The third-order valence-electron chi connectivity index (χ3n) is 7.51. The van der Waals surface area contributed by atoms with Crippen molar-refractivity contribution in [2.24, 2.45) is 0 Å². The number of hydrogen-bond acceptors (Lipinski definition) is 4. The maximum Gasteiger partial charge on any atom is 0.255 e. The van der Waals surface area contributed by atoms with E-state index in [-0.39, 0.29) is 19.2 Å². The lowest BCUT2D eigenvalue weighted by atomic mass is 10.1. The second kappa shape index (κ2) is 14.4. The number of benzene rings is 4. The van der Waals surface area contributed by atoms with Crippen LogP contribution < -0.4 is 15.1 Å². The summed E-state index contributed by atoms with van der Waals surface area (Å²) in [6, 6.07) is 21.5. The van der Waals surface area contributed by atoms with Crippen molar-refractivity contribution >= 4 is 38.9 Å². The van der Waals surface area contributed by atoms with Gasteiger partial charge in [0, 0.05) is 53.3 Å². The van der Waals surface area contributed by atoms with Gasteiger partial charge in [-0.1, -0.05) is 29.4 Å². The molecule has 1 fully saturated rings. The number of nitrogens with one attached hydrogen (secondary N) is 1. The molecule has 4 aromatic rings. The van der Waals surface area contributed by atoms with E-state index in [1.54, 1.807) is 12.1 Å². The van der Waals surface area contributed by atoms with E-state index in [1.807, 2.05) is 44.2 Å². The van der Waals surface area contributed by atoms with Crippen LogP contribution in [-0.2, 0) is 0 Å². The second-order valence-electron chi connectivity index (χ2n) is 10.6. The van der Waals surface area contributed by atoms with Crippen LogP contribution in [0.25, 0.3) is 0 Å². The van der Waals surface area contributed by atoms with Gasteiger partial charge in [0.05, 0.1) is 0 Å². The standard InChI is InChI=1S/C25H26FN3O2.C9H11Br.CH4/c1-17-16-24(30)18(2)15-23(17)29-13-11-28(12-14-29)22-9-3-19(4-10-22)25(31)27-21-7-5-20(26)6-8-21;1-6-4-8(3)9(10)5-7(6)2;/h3-10,15-16,30H,11-14H2,1-2H3,(H,27,31);4-5H,1-3H3;1H4. The minimum absolute atomic E-state index is 0. The van der Waals surface area contributed by atoms with Crippen LogP contribution in [0.2, 0.25) is 0 Å². The van der Waals surface area contributed by atoms with Gasteiger partial charge >= 0.3 is 0 Å². The molecule has 0 aliphatic carbocycles. The average Bonchev–Trinajstić information content (AvgIpc) is 2.96. The summed E-state index contributed by atoms with van der Waals surface area (Å²) < 4.78 is 14.2. The van der Waals surface area contributed by atoms with Gasteiger partial charge in [0.15, 0.2) is 0 Å². The number of phenols is 1. The first-order valence-corrected chi connectivity index (χ1v) is 14.5. The second-order valence-corrected chi connectivity index (χ2v) is 11.4. The molecular formula is C35H41BrFN3O2. The van der Waals surface area contributed by atoms with E-state index in [4.69, 9.17) is 0 Å². The molecule has 0 bridgehead atoms. The van der Waals surface area contributed by atoms with Crippen LogP contribution in [0.4, 0.5) is 21.5 Å². The number of amides is 1. The summed E-state index contributed by atoms with van der Waals surface area (Å²) in [7, 11) is 0. The molecule has 1 amide bonds. The Balaban J connectivity index is 0.000000374. The molecule has 42 heavy (non-hydrogen) atoms. The van der Waals surface area contributed by atoms with E-state index < -0.39 is 0 Å². The smallest absolute Gasteiger partial charge is 0.255 e. The molecule has 0 radical (unpaired) electrons. The molecule has 7 heteroatoms. The molecule has 0 atom stereocenters. The molecular weight excluding hydrogens is 593 g/mol. The van der Waals surface area contributed by atoms with Crippen LogP contribution in [0.1, 0.15) is 45.6 Å². The predicted molar refractivity (Wildman–Crippen MR) is 178 cm³/mol. The summed E-state index contributed by atoms with van der Waals surface area (Å²) in [4.78, 5) is 17.1. The quantitative estimate of drug-likeness (QED) is 0.236. The van der Waals surface area contributed by atoms with Crippen LogP contribution in [0.3, 0.4) is 0 Å². The van der Waals surface area contributed by atoms with Gasteiger partial charge in [-0.25, -0.2) is 4.39 Å². The summed E-state index contributed by atoms with van der Waals surface area (Å²) in [5, 5.41) is 12.7. The zero-order valence-electron chi connectivity index (χ0n) is 24.3. The van der Waals surface area contributed by atoms with Gasteiger partial charge in [0.1, 0.15) is 11.6 Å². The van der Waals surface area contributed by atoms with Gasteiger partial charge < -0.3 is 20.2 Å². The van der Waals surface area contributed by atoms with E-state index in [0.29, 0.717) is 17.0 Å². The summed E-state index contributed by atoms with van der Waals surface area (Å²) >= 11 is 3.48. The summed E-state index contributed by atoms with van der Waals surface area (Å²) in [5.74, 6) is -0.220. The monoisotopic (exact) mass is 633 g/mol. The highest BCUT2D eigenvalue weighted by molar-refractivity contribution is 9.10. The fraction of sp³-hybridized carbons (Fsp3) is 0.286. The molecule has 1 aliphatic rings. The van der Waals surface area contributed by atoms with Gasteiger partial charge in [-0.2, -0.15) is 0 Å². The van der Waals surface area contributed by atoms with E-state index in [2.05, 4.69) is 70.0 Å². The average molecular weight is 635 g/mol. The van der Waals surface area contributed by atoms with Crippen molar-refractivity contribution in [2.75, 3.05) is 41.3 Å². The topological polar surface area (TPSA) is 55.8 Å². The largest absolute Gasteiger partial charge is 0.508 e. The number of piperazine rings is 1. The number of carbonyl (C=O) groups is 1. The third-order valence-corrected chi connectivity index (χ3v) is 8.36. The molecule has 4 aromatic carbocycles. The van der Waals surface area contributed by atoms with Crippen molar-refractivity contribution in [3.05, 3.63) is 116 Å². The summed E-state index contributed by atoms with van der Waals surface area (Å²) in [5.41, 5.74) is 9.35. The van der Waals surface area contributed by atoms with Crippen molar-refractivity contribution in [1.29, 1.82) is 0 Å². The van der Waals surface area contributed by atoms with Gasteiger partial charge in [-0.3, -0.25) is 4.79 Å². The molecule has 0 saturated carbocycles. The van der Waals surface area contributed by atoms with Crippen LogP contribution in [0, 0.1) is 40.4 Å². The zero-order chi connectivity index (χ0) is 29.7. The Hall–Kier alpha value is -3.84. The highest BCUT2D eigenvalue weighted by atomic mass is 79.9. The van der Waals surface area contributed by atoms with Gasteiger partial charge in [-0.05, 0) is 129 Å². The fourth-order valence-electron chi connectivity index (χ4n) is 4.82. The molecule has 222 valence electrons. The number of phenolic OH excluding ortho intramolecular Hbond substituents is 1. The first kappa shape index (κ1) is 32.7. The minimum atomic E-state index is -0.335. The number of aromatic hydroxyl groups is 1. The maximum absolute atomic E-state index is 13.0. The Kier molecular flexibility index (Phi) is 11.2. The number of nitrogens with zero attached hydrogens (tertiary/aromatic N) is 2. The van der Waals surface area contributed by atoms with E-state index in [1.165, 1.54) is 39.0 Å². The molecule has 0 unspecified atom stereocenters. The van der Waals surface area contributed by atoms with Crippen molar-refractivity contribution in [2.45, 2.75) is 42.0 Å². The highest BCUT2D eigenvalue weighted by Crippen LogP contribution is 2.29. The van der Waals surface area contributed by atoms with Gasteiger partial charge in [0.25, 0.3) is 5.91 Å². The molecule has 5 rings (SSSR count). The lowest BCUT2D eigenvalue weighted by molar-refractivity contribution is 0.102. The Morgan fingerprint density at radius 1 is 0.738 bits per heavy atom. The molecule has 1 aliphatic heterocycles. The van der Waals surface area contributed by atoms with Crippen molar-refractivity contribution in [3.8, 4) is 5.75 Å². The first-order chi connectivity index (χ1) is 19.5. The summed E-state index contributed by atoms with van der Waals surface area (Å²) in [6.07, 6.45) is 0. The summed E-state index contributed by atoms with van der Waals surface area (Å²) in [6.45, 7) is 13.8. The van der Waals surface area contributed by atoms with E-state index in [0.717, 1.165) is 43.0 Å². The number of halogens is 2. The Bertz CT molecular complexity index is 1460. The SMILES string of the molecule is C.Cc1cc(C)c(Br)cc1C.Cc1cc(N2CCN(c3ccc(C(=O)Nc4ccc(F)cc4)cc3)CC2)c(C)cc1O. The number of carbonyl (C=O) groups excluding carboxylic acids is 1. The predicted octanol–water partition coefficient (Wildman–Crippen LogP) is 8.74. The van der Waals surface area contributed by atoms with Crippen molar-refractivity contribution in [3.63, 3.8) is 0 Å². The number of hydrogen-bond donors (Lipinski definition) is 2. The van der Waals surface area contributed by atoms with Crippen LogP contribution in [0.5, 0.6) is 5.75 Å². The first-order valence-electron chi connectivity index (χ1n) is 13.7. The normalized spacial score (nSPS) is 12.6. The van der Waals surface area contributed by atoms with Crippen LogP contribution in [0.15, 0.2) is 77.3 Å². The number of aryl methyl sites for hydroxylation is 5. The number of anilines is 3. The Morgan fingerprint density at radius 2 is 1.31 bits per heavy atom. The Morgan fingerprint density at radius 3 is 1.90 bits per heavy atom. The van der Waals surface area contributed by atoms with Crippen LogP contribution in [-0.4, -0.2) is 37.2 Å². The lowest BCUT2D eigenvalue weighted by Crippen LogP contribution is -2.46. The minimum Gasteiger partial charge on any atom is -0.508 e. The van der Waals surface area contributed by atoms with Crippen molar-refractivity contribution in [1.82, 2.24) is 0 Å². The van der Waals surface area contributed by atoms with E-state index in [9.17, 15) is 14.3 Å². The maximum atomic E-state index is 13.0. The van der Waals surface area contributed by atoms with Crippen LogP contribution >= 0.6 is 15.9 Å². The molecule has 1 saturated heterocycles. The Labute approximate surface area is 258 Å². The highest BCUT2D eigenvalue weighted by Gasteiger charge is 2.20. The van der Waals surface area contributed by atoms with Gasteiger partial charge in [0.2, 0.25) is 0 Å². The number of rotatable bonds is 4. The van der Waals surface area contributed by atoms with Crippen molar-refractivity contribution < 1.29 is 14.3 Å². The third kappa shape index (κ3) is 8.13. The lowest BCUT2D eigenvalue weighted by Gasteiger charge is -2.38. The van der Waals surface area contributed by atoms with Gasteiger partial charge in [-0.15, -0.1) is 0 Å². The fourth-order valence-corrected chi connectivity index (χ4v) is 5.28. The molecule has 2 N–H and O–H groups in total. The molecule has 0 spiro atoms.